The summed E-state index contributed by atoms with van der Waals surface area (Å²) in [5, 5.41) is 10.8. The standard InChI is InChI=1S/C22H26N2O/c25-20-11-9-17(10-12-20)19-6-4-14-24(16-19)13-3-5-18-15-23-22-8-2-1-7-21(18)22/h1-2,7-12,15,19,23,25H,3-6,13-14,16H2. The lowest BCUT2D eigenvalue weighted by Crippen LogP contribution is -2.35. The van der Waals surface area contributed by atoms with E-state index in [1.807, 2.05) is 12.1 Å². The Balaban J connectivity index is 1.32. The van der Waals surface area contributed by atoms with E-state index in [0.29, 0.717) is 11.7 Å². The Morgan fingerprint density at radius 3 is 2.80 bits per heavy atom. The molecule has 0 amide bonds. The van der Waals surface area contributed by atoms with Crippen LogP contribution in [0.4, 0.5) is 0 Å². The van der Waals surface area contributed by atoms with Crippen molar-refractivity contribution in [1.29, 1.82) is 0 Å². The third kappa shape index (κ3) is 3.72. The van der Waals surface area contributed by atoms with Gasteiger partial charge in [0.15, 0.2) is 0 Å². The SMILES string of the molecule is Oc1ccc(C2CCCN(CCCc3c[nH]c4ccccc34)C2)cc1. The summed E-state index contributed by atoms with van der Waals surface area (Å²) in [4.78, 5) is 5.98. The van der Waals surface area contributed by atoms with Gasteiger partial charge in [-0.15, -0.1) is 0 Å². The van der Waals surface area contributed by atoms with Crippen molar-refractivity contribution in [2.24, 2.45) is 0 Å². The third-order valence-corrected chi connectivity index (χ3v) is 5.47. The second kappa shape index (κ2) is 7.32. The van der Waals surface area contributed by atoms with Gasteiger partial charge in [-0.25, -0.2) is 0 Å². The van der Waals surface area contributed by atoms with Gasteiger partial charge in [0.05, 0.1) is 0 Å². The van der Waals surface area contributed by atoms with Crippen molar-refractivity contribution in [3.8, 4) is 5.75 Å². The van der Waals surface area contributed by atoms with E-state index in [1.54, 1.807) is 0 Å². The Morgan fingerprint density at radius 1 is 1.08 bits per heavy atom. The van der Waals surface area contributed by atoms with Gasteiger partial charge in [-0.05, 0) is 74.0 Å². The van der Waals surface area contributed by atoms with E-state index in [2.05, 4.69) is 52.5 Å². The van der Waals surface area contributed by atoms with E-state index >= 15 is 0 Å². The van der Waals surface area contributed by atoms with E-state index in [0.717, 1.165) is 19.5 Å². The molecule has 0 radical (unpaired) electrons. The number of rotatable bonds is 5. The van der Waals surface area contributed by atoms with Crippen LogP contribution in [0.3, 0.4) is 0 Å². The summed E-state index contributed by atoms with van der Waals surface area (Å²) < 4.78 is 0. The van der Waals surface area contributed by atoms with Crippen molar-refractivity contribution in [2.75, 3.05) is 19.6 Å². The van der Waals surface area contributed by atoms with E-state index in [9.17, 15) is 5.11 Å². The smallest absolute Gasteiger partial charge is 0.115 e. The van der Waals surface area contributed by atoms with Crippen molar-refractivity contribution < 1.29 is 5.11 Å². The highest BCUT2D eigenvalue weighted by Gasteiger charge is 2.21. The summed E-state index contributed by atoms with van der Waals surface area (Å²) in [6.07, 6.45) is 7.01. The van der Waals surface area contributed by atoms with Crippen LogP contribution in [0.2, 0.25) is 0 Å². The molecule has 2 N–H and O–H groups in total. The third-order valence-electron chi connectivity index (χ3n) is 5.47. The lowest BCUT2D eigenvalue weighted by atomic mass is 9.90. The highest BCUT2D eigenvalue weighted by atomic mass is 16.3. The van der Waals surface area contributed by atoms with Crippen LogP contribution in [0.1, 0.15) is 36.3 Å². The number of para-hydroxylation sites is 1. The largest absolute Gasteiger partial charge is 0.508 e. The van der Waals surface area contributed by atoms with Gasteiger partial charge < -0.3 is 15.0 Å². The number of aromatic hydroxyl groups is 1. The first-order valence-electron chi connectivity index (χ1n) is 9.36. The predicted molar refractivity (Wildman–Crippen MR) is 103 cm³/mol. The van der Waals surface area contributed by atoms with Crippen molar-refractivity contribution in [1.82, 2.24) is 9.88 Å². The number of aryl methyl sites for hydroxylation is 1. The molecule has 3 heteroatoms. The van der Waals surface area contributed by atoms with Gasteiger partial charge in [-0.2, -0.15) is 0 Å². The molecule has 25 heavy (non-hydrogen) atoms. The molecule has 3 nitrogen and oxygen atoms in total. The molecule has 1 saturated heterocycles. The summed E-state index contributed by atoms with van der Waals surface area (Å²) in [7, 11) is 0. The minimum absolute atomic E-state index is 0.357. The van der Waals surface area contributed by atoms with Gasteiger partial charge in [-0.3, -0.25) is 0 Å². The number of benzene rings is 2. The Labute approximate surface area is 149 Å². The summed E-state index contributed by atoms with van der Waals surface area (Å²) in [5.74, 6) is 0.956. The Morgan fingerprint density at radius 2 is 1.92 bits per heavy atom. The highest BCUT2D eigenvalue weighted by molar-refractivity contribution is 5.82. The number of hydrogen-bond acceptors (Lipinski definition) is 2. The zero-order valence-corrected chi connectivity index (χ0v) is 14.6. The maximum atomic E-state index is 9.48. The Bertz CT molecular complexity index is 821. The number of piperidine rings is 1. The molecule has 1 aliphatic heterocycles. The van der Waals surface area contributed by atoms with Gasteiger partial charge in [0.2, 0.25) is 0 Å². The fraction of sp³-hybridized carbons (Fsp3) is 0.364. The molecule has 0 spiro atoms. The molecule has 2 heterocycles. The highest BCUT2D eigenvalue weighted by Crippen LogP contribution is 2.28. The van der Waals surface area contributed by atoms with Crippen LogP contribution in [0.15, 0.2) is 54.7 Å². The number of fused-ring (bicyclic) bond motifs is 1. The second-order valence-corrected chi connectivity index (χ2v) is 7.19. The first-order chi connectivity index (χ1) is 12.3. The molecule has 130 valence electrons. The van der Waals surface area contributed by atoms with E-state index < -0.39 is 0 Å². The van der Waals surface area contributed by atoms with Gasteiger partial charge in [-0.1, -0.05) is 30.3 Å². The number of aromatic amines is 1. The zero-order chi connectivity index (χ0) is 17.1. The number of phenolic OH excluding ortho intramolecular Hbond substituents is 1. The number of nitrogens with zero attached hydrogens (tertiary/aromatic N) is 1. The van der Waals surface area contributed by atoms with Crippen LogP contribution >= 0.6 is 0 Å². The summed E-state index contributed by atoms with van der Waals surface area (Å²) in [6.45, 7) is 3.51. The topological polar surface area (TPSA) is 39.3 Å². The van der Waals surface area contributed by atoms with Crippen LogP contribution < -0.4 is 0 Å². The predicted octanol–water partition coefficient (Wildman–Crippen LogP) is 4.69. The average molecular weight is 334 g/mol. The molecule has 1 aromatic heterocycles. The van der Waals surface area contributed by atoms with E-state index in [-0.39, 0.29) is 0 Å². The minimum atomic E-state index is 0.357. The van der Waals surface area contributed by atoms with Crippen LogP contribution in [0.25, 0.3) is 10.9 Å². The number of nitrogens with one attached hydrogen (secondary N) is 1. The van der Waals surface area contributed by atoms with Gasteiger partial charge in [0, 0.05) is 23.6 Å². The van der Waals surface area contributed by atoms with Crippen LogP contribution in [0.5, 0.6) is 5.75 Å². The summed E-state index contributed by atoms with van der Waals surface area (Å²) in [6, 6.07) is 16.3. The molecular weight excluding hydrogens is 308 g/mol. The average Bonchev–Trinajstić information content (AvgIpc) is 3.06. The lowest BCUT2D eigenvalue weighted by molar-refractivity contribution is 0.206. The molecular formula is C22H26N2O. The lowest BCUT2D eigenvalue weighted by Gasteiger charge is -2.33. The van der Waals surface area contributed by atoms with Crippen molar-refractivity contribution >= 4 is 10.9 Å². The number of likely N-dealkylation sites (tertiary alicyclic amines) is 1. The quantitative estimate of drug-likeness (QED) is 0.711. The molecule has 0 aliphatic carbocycles. The fourth-order valence-corrected chi connectivity index (χ4v) is 4.11. The molecule has 2 aromatic carbocycles. The molecule has 0 saturated carbocycles. The maximum absolute atomic E-state index is 9.48. The van der Waals surface area contributed by atoms with Crippen molar-refractivity contribution in [3.05, 3.63) is 65.9 Å². The molecule has 1 aliphatic rings. The molecule has 4 rings (SSSR count). The van der Waals surface area contributed by atoms with E-state index in [4.69, 9.17) is 0 Å². The minimum Gasteiger partial charge on any atom is -0.508 e. The normalized spacial score (nSPS) is 18.6. The van der Waals surface area contributed by atoms with E-state index in [1.165, 1.54) is 47.8 Å². The number of phenols is 1. The number of hydrogen-bond donors (Lipinski definition) is 2. The van der Waals surface area contributed by atoms with Gasteiger partial charge >= 0.3 is 0 Å². The summed E-state index contributed by atoms with van der Waals surface area (Å²) in [5.41, 5.74) is 4.03. The first-order valence-corrected chi connectivity index (χ1v) is 9.36. The van der Waals surface area contributed by atoms with Crippen LogP contribution in [0, 0.1) is 0 Å². The number of aromatic nitrogens is 1. The molecule has 0 bridgehead atoms. The van der Waals surface area contributed by atoms with Crippen molar-refractivity contribution in [3.63, 3.8) is 0 Å². The summed E-state index contributed by atoms with van der Waals surface area (Å²) >= 11 is 0. The van der Waals surface area contributed by atoms with Crippen LogP contribution in [-0.2, 0) is 6.42 Å². The number of H-pyrrole nitrogens is 1. The molecule has 1 fully saturated rings. The molecule has 1 unspecified atom stereocenters. The molecule has 3 aromatic rings. The van der Waals surface area contributed by atoms with Gasteiger partial charge in [0.1, 0.15) is 5.75 Å². The molecule has 1 atom stereocenters. The van der Waals surface area contributed by atoms with Gasteiger partial charge in [0.25, 0.3) is 0 Å². The second-order valence-electron chi connectivity index (χ2n) is 7.19. The Kier molecular flexibility index (Phi) is 4.75. The monoisotopic (exact) mass is 334 g/mol. The zero-order valence-electron chi connectivity index (χ0n) is 14.6. The maximum Gasteiger partial charge on any atom is 0.115 e. The first kappa shape index (κ1) is 16.2. The van der Waals surface area contributed by atoms with Crippen molar-refractivity contribution in [2.45, 2.75) is 31.6 Å². The fourth-order valence-electron chi connectivity index (χ4n) is 4.11. The van der Waals surface area contributed by atoms with Crippen LogP contribution in [-0.4, -0.2) is 34.6 Å². The Hall–Kier alpha value is -2.26.